The number of H-pyrrole nitrogens is 1. The van der Waals surface area contributed by atoms with Crippen LogP contribution >= 0.6 is 0 Å². The number of fused-ring (bicyclic) bond motifs is 1. The van der Waals surface area contributed by atoms with E-state index in [2.05, 4.69) is 55.3 Å². The Balaban J connectivity index is 1.86. The molecular weight excluding hydrogens is 208 g/mol. The van der Waals surface area contributed by atoms with Gasteiger partial charge in [0.1, 0.15) is 0 Å². The summed E-state index contributed by atoms with van der Waals surface area (Å²) in [6, 6.07) is 8.70. The summed E-state index contributed by atoms with van der Waals surface area (Å²) < 4.78 is 0. The van der Waals surface area contributed by atoms with Gasteiger partial charge in [-0.25, -0.2) is 0 Å². The van der Waals surface area contributed by atoms with E-state index in [-0.39, 0.29) is 0 Å². The van der Waals surface area contributed by atoms with Crippen LogP contribution in [-0.4, -0.2) is 11.5 Å². The van der Waals surface area contributed by atoms with E-state index in [9.17, 15) is 0 Å². The Morgan fingerprint density at radius 2 is 2.00 bits per heavy atom. The molecule has 2 rings (SSSR count). The maximum atomic E-state index is 3.50. The number of hydrogen-bond acceptors (Lipinski definition) is 1. The highest BCUT2D eigenvalue weighted by Gasteiger charge is 2.08. The predicted molar refractivity (Wildman–Crippen MR) is 74.1 cm³/mol. The lowest BCUT2D eigenvalue weighted by Crippen LogP contribution is -2.20. The van der Waals surface area contributed by atoms with Crippen LogP contribution in [0.15, 0.2) is 30.5 Å². The van der Waals surface area contributed by atoms with Crippen LogP contribution in [0.1, 0.15) is 32.8 Å². The molecule has 0 aliphatic rings. The number of hydrogen-bond donors (Lipinski definition) is 2. The van der Waals surface area contributed by atoms with Gasteiger partial charge in [-0.15, -0.1) is 0 Å². The molecule has 0 saturated heterocycles. The second kappa shape index (κ2) is 4.92. The predicted octanol–water partition coefficient (Wildman–Crippen LogP) is 3.69. The van der Waals surface area contributed by atoms with Gasteiger partial charge in [-0.05, 0) is 47.5 Å². The lowest BCUT2D eigenvalue weighted by molar-refractivity contribution is 0.366. The second-order valence-corrected chi connectivity index (χ2v) is 5.89. The number of rotatable bonds is 4. The van der Waals surface area contributed by atoms with E-state index in [0.717, 1.165) is 13.1 Å². The molecule has 0 aliphatic carbocycles. The molecule has 1 aromatic carbocycles. The lowest BCUT2D eigenvalue weighted by Gasteiger charge is -2.18. The zero-order chi connectivity index (χ0) is 12.3. The summed E-state index contributed by atoms with van der Waals surface area (Å²) in [6.07, 6.45) is 3.20. The molecule has 2 aromatic rings. The van der Waals surface area contributed by atoms with E-state index in [1.54, 1.807) is 0 Å². The van der Waals surface area contributed by atoms with Crippen molar-refractivity contribution < 1.29 is 0 Å². The van der Waals surface area contributed by atoms with Crippen LogP contribution in [0.3, 0.4) is 0 Å². The topological polar surface area (TPSA) is 27.8 Å². The van der Waals surface area contributed by atoms with Crippen molar-refractivity contribution in [1.29, 1.82) is 0 Å². The standard InChI is InChI=1S/C15H22N2/c1-15(2,3)7-9-16-11-12-4-5-14-13(10-12)6-8-17-14/h4-6,8,10,16-17H,7,9,11H2,1-3H3. The summed E-state index contributed by atoms with van der Waals surface area (Å²) >= 11 is 0. The Labute approximate surface area is 103 Å². The average Bonchev–Trinajstić information content (AvgIpc) is 2.70. The van der Waals surface area contributed by atoms with Crippen molar-refractivity contribution in [3.63, 3.8) is 0 Å². The monoisotopic (exact) mass is 230 g/mol. The fourth-order valence-corrected chi connectivity index (χ4v) is 1.91. The molecule has 0 saturated carbocycles. The summed E-state index contributed by atoms with van der Waals surface area (Å²) in [5.41, 5.74) is 2.98. The van der Waals surface area contributed by atoms with Crippen molar-refractivity contribution in [2.24, 2.45) is 5.41 Å². The van der Waals surface area contributed by atoms with Crippen LogP contribution in [0, 0.1) is 5.41 Å². The van der Waals surface area contributed by atoms with Crippen LogP contribution in [0.25, 0.3) is 10.9 Å². The van der Waals surface area contributed by atoms with Gasteiger partial charge in [-0.3, -0.25) is 0 Å². The summed E-state index contributed by atoms with van der Waals surface area (Å²) in [5, 5.41) is 4.80. The van der Waals surface area contributed by atoms with Crippen LogP contribution < -0.4 is 5.32 Å². The molecule has 1 aromatic heterocycles. The molecule has 92 valence electrons. The molecule has 1 heterocycles. The van der Waals surface area contributed by atoms with Gasteiger partial charge in [0, 0.05) is 18.3 Å². The molecule has 0 bridgehead atoms. The van der Waals surface area contributed by atoms with E-state index < -0.39 is 0 Å². The van der Waals surface area contributed by atoms with Crippen molar-refractivity contribution in [2.75, 3.05) is 6.54 Å². The molecule has 0 aliphatic heterocycles. The van der Waals surface area contributed by atoms with Crippen LogP contribution in [0.2, 0.25) is 0 Å². The van der Waals surface area contributed by atoms with Gasteiger partial charge in [0.25, 0.3) is 0 Å². The summed E-state index contributed by atoms with van der Waals surface area (Å²) in [7, 11) is 0. The van der Waals surface area contributed by atoms with Gasteiger partial charge < -0.3 is 10.3 Å². The van der Waals surface area contributed by atoms with E-state index in [1.807, 2.05) is 6.20 Å². The molecule has 0 atom stereocenters. The van der Waals surface area contributed by atoms with Crippen molar-refractivity contribution in [3.05, 3.63) is 36.0 Å². The summed E-state index contributed by atoms with van der Waals surface area (Å²) in [6.45, 7) is 8.87. The van der Waals surface area contributed by atoms with Crippen molar-refractivity contribution in [1.82, 2.24) is 10.3 Å². The van der Waals surface area contributed by atoms with Crippen LogP contribution in [0.5, 0.6) is 0 Å². The number of nitrogens with one attached hydrogen (secondary N) is 2. The van der Waals surface area contributed by atoms with E-state index in [0.29, 0.717) is 5.41 Å². The summed E-state index contributed by atoms with van der Waals surface area (Å²) in [5.74, 6) is 0. The van der Waals surface area contributed by atoms with Gasteiger partial charge in [-0.2, -0.15) is 0 Å². The van der Waals surface area contributed by atoms with Gasteiger partial charge >= 0.3 is 0 Å². The Kier molecular flexibility index (Phi) is 3.53. The fraction of sp³-hybridized carbons (Fsp3) is 0.467. The molecule has 0 spiro atoms. The van der Waals surface area contributed by atoms with Crippen molar-refractivity contribution >= 4 is 10.9 Å². The summed E-state index contributed by atoms with van der Waals surface area (Å²) in [4.78, 5) is 3.21. The minimum atomic E-state index is 0.414. The number of aromatic amines is 1. The highest BCUT2D eigenvalue weighted by molar-refractivity contribution is 5.79. The zero-order valence-electron chi connectivity index (χ0n) is 11.0. The molecule has 2 nitrogen and oxygen atoms in total. The molecule has 0 unspecified atom stereocenters. The van der Waals surface area contributed by atoms with Gasteiger partial charge in [0.2, 0.25) is 0 Å². The molecular formula is C15H22N2. The fourth-order valence-electron chi connectivity index (χ4n) is 1.91. The van der Waals surface area contributed by atoms with Gasteiger partial charge in [0.05, 0.1) is 0 Å². The number of benzene rings is 1. The minimum absolute atomic E-state index is 0.414. The molecule has 2 N–H and O–H groups in total. The van der Waals surface area contributed by atoms with Crippen LogP contribution in [-0.2, 0) is 6.54 Å². The average molecular weight is 230 g/mol. The highest BCUT2D eigenvalue weighted by atomic mass is 14.8. The third-order valence-corrected chi connectivity index (χ3v) is 3.00. The largest absolute Gasteiger partial charge is 0.361 e. The van der Waals surface area contributed by atoms with Gasteiger partial charge in [-0.1, -0.05) is 26.8 Å². The third kappa shape index (κ3) is 3.60. The zero-order valence-corrected chi connectivity index (χ0v) is 11.0. The Bertz CT molecular complexity index is 477. The Morgan fingerprint density at radius 3 is 2.76 bits per heavy atom. The quantitative estimate of drug-likeness (QED) is 0.770. The number of aromatic nitrogens is 1. The smallest absolute Gasteiger partial charge is 0.0454 e. The second-order valence-electron chi connectivity index (χ2n) is 5.89. The molecule has 0 amide bonds. The van der Waals surface area contributed by atoms with E-state index in [1.165, 1.54) is 22.9 Å². The molecule has 17 heavy (non-hydrogen) atoms. The first-order valence-electron chi connectivity index (χ1n) is 6.31. The molecule has 0 fully saturated rings. The van der Waals surface area contributed by atoms with E-state index >= 15 is 0 Å². The van der Waals surface area contributed by atoms with E-state index in [4.69, 9.17) is 0 Å². The Morgan fingerprint density at radius 1 is 1.18 bits per heavy atom. The minimum Gasteiger partial charge on any atom is -0.361 e. The first-order chi connectivity index (χ1) is 8.04. The first-order valence-corrected chi connectivity index (χ1v) is 6.31. The normalized spacial score (nSPS) is 12.2. The van der Waals surface area contributed by atoms with Crippen molar-refractivity contribution in [2.45, 2.75) is 33.7 Å². The molecule has 2 heteroatoms. The Hall–Kier alpha value is -1.28. The maximum Gasteiger partial charge on any atom is 0.0454 e. The lowest BCUT2D eigenvalue weighted by atomic mass is 9.92. The van der Waals surface area contributed by atoms with Crippen molar-refractivity contribution in [3.8, 4) is 0 Å². The molecule has 0 radical (unpaired) electrons. The third-order valence-electron chi connectivity index (χ3n) is 3.00. The van der Waals surface area contributed by atoms with Gasteiger partial charge in [0.15, 0.2) is 0 Å². The van der Waals surface area contributed by atoms with Crippen LogP contribution in [0.4, 0.5) is 0 Å². The maximum absolute atomic E-state index is 3.50. The first kappa shape index (κ1) is 12.2. The SMILES string of the molecule is CC(C)(C)CCNCc1ccc2[nH]ccc2c1. The highest BCUT2D eigenvalue weighted by Crippen LogP contribution is 2.17.